The number of carbonyl (C=O) groups excluding carboxylic acids is 1. The van der Waals surface area contributed by atoms with E-state index in [1.807, 2.05) is 43.3 Å². The second kappa shape index (κ2) is 7.60. The molecule has 0 fully saturated rings. The molecule has 5 heteroatoms. The maximum absolute atomic E-state index is 12.2. The van der Waals surface area contributed by atoms with E-state index in [1.54, 1.807) is 6.92 Å². The monoisotopic (exact) mass is 354 g/mol. The summed E-state index contributed by atoms with van der Waals surface area (Å²) in [5.41, 5.74) is 4.55. The number of carboxylic acid groups (broad SMARTS) is 1. The molecule has 0 saturated heterocycles. The Balaban J connectivity index is 1.72. The van der Waals surface area contributed by atoms with E-state index < -0.39 is 18.1 Å². The minimum absolute atomic E-state index is 0.0416. The molecule has 0 aliphatic heterocycles. The summed E-state index contributed by atoms with van der Waals surface area (Å²) in [6.07, 6.45) is -0.0415. The molecule has 3 rings (SSSR count). The van der Waals surface area contributed by atoms with Gasteiger partial charge < -0.3 is 15.2 Å². The van der Waals surface area contributed by atoms with Gasteiger partial charge in [0.2, 0.25) is 0 Å². The van der Waals surface area contributed by atoms with Crippen LogP contribution in [0.2, 0.25) is 0 Å². The van der Waals surface area contributed by atoms with Crippen molar-refractivity contribution in [2.75, 3.05) is 6.61 Å². The van der Waals surface area contributed by atoms with Crippen molar-refractivity contribution in [3.05, 3.63) is 59.7 Å². The SMILES string of the molecule is CC[C@H](C)[C@H]([15NH]C(=O)OCC1c2ccccc2-c2ccccc21)C(=O)O. The summed E-state index contributed by atoms with van der Waals surface area (Å²) in [6.45, 7) is 3.86. The Labute approximate surface area is 153 Å². The van der Waals surface area contributed by atoms with Crippen molar-refractivity contribution in [1.82, 2.24) is 5.32 Å². The lowest BCUT2D eigenvalue weighted by Crippen LogP contribution is -2.45. The third-order valence-electron chi connectivity index (χ3n) is 5.10. The van der Waals surface area contributed by atoms with Crippen LogP contribution in [0.4, 0.5) is 4.79 Å². The number of fused-ring (bicyclic) bond motifs is 3. The zero-order valence-corrected chi connectivity index (χ0v) is 14.9. The van der Waals surface area contributed by atoms with Crippen molar-refractivity contribution in [3.8, 4) is 11.1 Å². The first-order chi connectivity index (χ1) is 12.5. The lowest BCUT2D eigenvalue weighted by Gasteiger charge is -2.21. The Bertz CT molecular complexity index is 772. The fourth-order valence-corrected chi connectivity index (χ4v) is 3.45. The molecule has 0 unspecified atom stereocenters. The fourth-order valence-electron chi connectivity index (χ4n) is 3.45. The molecule has 2 aromatic rings. The Morgan fingerprint density at radius 3 is 2.12 bits per heavy atom. The first-order valence-corrected chi connectivity index (χ1v) is 8.87. The first-order valence-electron chi connectivity index (χ1n) is 8.87. The van der Waals surface area contributed by atoms with Crippen LogP contribution in [0.1, 0.15) is 37.3 Å². The van der Waals surface area contributed by atoms with E-state index in [9.17, 15) is 14.7 Å². The van der Waals surface area contributed by atoms with Crippen molar-refractivity contribution in [2.24, 2.45) is 5.92 Å². The van der Waals surface area contributed by atoms with Crippen LogP contribution in [0, 0.1) is 5.92 Å². The van der Waals surface area contributed by atoms with Gasteiger partial charge in [0.25, 0.3) is 0 Å². The van der Waals surface area contributed by atoms with Gasteiger partial charge in [-0.1, -0.05) is 68.8 Å². The van der Waals surface area contributed by atoms with Gasteiger partial charge in [-0.3, -0.25) is 0 Å². The molecule has 2 N–H and O–H groups in total. The van der Waals surface area contributed by atoms with Crippen LogP contribution < -0.4 is 5.32 Å². The largest absolute Gasteiger partial charge is 0.480 e. The summed E-state index contributed by atoms with van der Waals surface area (Å²) in [5, 5.41) is 11.8. The van der Waals surface area contributed by atoms with E-state index >= 15 is 0 Å². The maximum Gasteiger partial charge on any atom is 0.407 e. The molecule has 5 nitrogen and oxygen atoms in total. The van der Waals surface area contributed by atoms with Crippen LogP contribution in [0.5, 0.6) is 0 Å². The Hall–Kier alpha value is -2.82. The first kappa shape index (κ1) is 18.0. The number of nitrogens with one attached hydrogen (secondary N) is 1. The minimum Gasteiger partial charge on any atom is -0.480 e. The van der Waals surface area contributed by atoms with Crippen molar-refractivity contribution in [3.63, 3.8) is 0 Å². The predicted octanol–water partition coefficient (Wildman–Crippen LogP) is 4.02. The van der Waals surface area contributed by atoms with Gasteiger partial charge in [-0.15, -0.1) is 0 Å². The summed E-state index contributed by atoms with van der Waals surface area (Å²) < 4.78 is 5.40. The van der Waals surface area contributed by atoms with Gasteiger partial charge in [-0.2, -0.15) is 0 Å². The van der Waals surface area contributed by atoms with Crippen LogP contribution in [0.15, 0.2) is 48.5 Å². The van der Waals surface area contributed by atoms with Crippen molar-refractivity contribution in [2.45, 2.75) is 32.2 Å². The van der Waals surface area contributed by atoms with Gasteiger partial charge in [-0.25, -0.2) is 9.59 Å². The lowest BCUT2D eigenvalue weighted by atomic mass is 9.98. The Morgan fingerprint density at radius 2 is 1.62 bits per heavy atom. The molecule has 0 bridgehead atoms. The number of alkyl carbamates (subject to hydrolysis) is 1. The molecule has 2 atom stereocenters. The smallest absolute Gasteiger partial charge is 0.407 e. The number of carbonyl (C=O) groups is 2. The topological polar surface area (TPSA) is 75.6 Å². The van der Waals surface area contributed by atoms with Crippen molar-refractivity contribution < 1.29 is 19.4 Å². The van der Waals surface area contributed by atoms with Gasteiger partial charge in [0.05, 0.1) is 0 Å². The summed E-state index contributed by atoms with van der Waals surface area (Å²) in [5.74, 6) is -1.26. The van der Waals surface area contributed by atoms with Gasteiger partial charge in [0.1, 0.15) is 12.6 Å². The van der Waals surface area contributed by atoms with Crippen molar-refractivity contribution in [1.29, 1.82) is 0 Å². The third-order valence-corrected chi connectivity index (χ3v) is 5.10. The van der Waals surface area contributed by atoms with E-state index in [-0.39, 0.29) is 18.4 Å². The third kappa shape index (κ3) is 3.43. The van der Waals surface area contributed by atoms with Crippen LogP contribution in [-0.4, -0.2) is 29.8 Å². The maximum atomic E-state index is 12.2. The lowest BCUT2D eigenvalue weighted by molar-refractivity contribution is -0.140. The molecular weight excluding hydrogens is 331 g/mol. The standard InChI is InChI=1S/C21H23NO4/c1-3-13(2)19(20(23)24)22-21(25)26-12-18-16-10-6-4-8-14(16)15-9-5-7-11-17(15)18/h4-11,13,18-19H,3,12H2,1-2H3,(H,22,25)(H,23,24)/t13-,19-/m0/s1/i22+1. The summed E-state index contributed by atoms with van der Waals surface area (Å²) in [7, 11) is 0. The molecule has 26 heavy (non-hydrogen) atoms. The number of hydrogen-bond acceptors (Lipinski definition) is 3. The second-order valence-electron chi connectivity index (χ2n) is 6.67. The highest BCUT2D eigenvalue weighted by Gasteiger charge is 2.30. The molecule has 0 heterocycles. The Kier molecular flexibility index (Phi) is 5.26. The van der Waals surface area contributed by atoms with E-state index in [1.165, 1.54) is 0 Å². The zero-order chi connectivity index (χ0) is 18.7. The van der Waals surface area contributed by atoms with Gasteiger partial charge >= 0.3 is 12.1 Å². The highest BCUT2D eigenvalue weighted by atomic mass is 16.6. The highest BCUT2D eigenvalue weighted by Crippen LogP contribution is 2.44. The fraction of sp³-hybridized carbons (Fsp3) is 0.333. The van der Waals surface area contributed by atoms with E-state index in [0.717, 1.165) is 22.3 Å². The van der Waals surface area contributed by atoms with Crippen LogP contribution in [0.25, 0.3) is 11.1 Å². The van der Waals surface area contributed by atoms with E-state index in [4.69, 9.17) is 4.74 Å². The zero-order valence-electron chi connectivity index (χ0n) is 14.9. The number of hydrogen-bond donors (Lipinski definition) is 2. The van der Waals surface area contributed by atoms with Crippen molar-refractivity contribution >= 4 is 12.1 Å². The molecule has 0 radical (unpaired) electrons. The highest BCUT2D eigenvalue weighted by molar-refractivity contribution is 5.81. The van der Waals surface area contributed by atoms with Gasteiger partial charge in [-0.05, 0) is 28.2 Å². The average Bonchev–Trinajstić information content (AvgIpc) is 2.97. The number of carboxylic acids is 1. The molecule has 0 spiro atoms. The van der Waals surface area contributed by atoms with Gasteiger partial charge in [0, 0.05) is 5.92 Å². The number of amides is 1. The molecule has 0 saturated carbocycles. The van der Waals surface area contributed by atoms with E-state index in [2.05, 4.69) is 17.4 Å². The van der Waals surface area contributed by atoms with Crippen LogP contribution in [-0.2, 0) is 9.53 Å². The molecule has 0 aromatic heterocycles. The molecule has 1 aliphatic carbocycles. The predicted molar refractivity (Wildman–Crippen MR) is 99.1 cm³/mol. The van der Waals surface area contributed by atoms with Crippen LogP contribution >= 0.6 is 0 Å². The van der Waals surface area contributed by atoms with Crippen LogP contribution in [0.3, 0.4) is 0 Å². The molecule has 136 valence electrons. The average molecular weight is 354 g/mol. The normalized spacial score (nSPS) is 14.8. The van der Waals surface area contributed by atoms with E-state index in [0.29, 0.717) is 6.42 Å². The Morgan fingerprint density at radius 1 is 1.08 bits per heavy atom. The second-order valence-corrected chi connectivity index (χ2v) is 6.67. The minimum atomic E-state index is -1.05. The number of aliphatic carboxylic acids is 1. The van der Waals surface area contributed by atoms with Gasteiger partial charge in [0.15, 0.2) is 0 Å². The summed E-state index contributed by atoms with van der Waals surface area (Å²) in [4.78, 5) is 23.5. The number of rotatable bonds is 6. The molecule has 1 amide bonds. The summed E-state index contributed by atoms with van der Waals surface area (Å²) in [6, 6.07) is 15.2. The molecular formula is C21H23NO4. The quantitative estimate of drug-likeness (QED) is 0.768. The molecule has 2 aromatic carbocycles. The summed E-state index contributed by atoms with van der Waals surface area (Å²) >= 11 is 0. The molecule has 1 aliphatic rings. The number of benzene rings is 2. The number of ether oxygens (including phenoxy) is 1.